The Balaban J connectivity index is 0.000000155. The molecule has 56 heavy (non-hydrogen) atoms. The van der Waals surface area contributed by atoms with E-state index in [0.29, 0.717) is 71.7 Å². The third-order valence-corrected chi connectivity index (χ3v) is 10.9. The Morgan fingerprint density at radius 1 is 0.661 bits per heavy atom. The van der Waals surface area contributed by atoms with Crippen LogP contribution in [0.5, 0.6) is 11.5 Å². The molecule has 0 amide bonds. The predicted octanol–water partition coefficient (Wildman–Crippen LogP) is 7.50. The van der Waals surface area contributed by atoms with Crippen molar-refractivity contribution in [1.82, 2.24) is 0 Å². The highest BCUT2D eigenvalue weighted by molar-refractivity contribution is 9.10. The third kappa shape index (κ3) is 9.58. The second-order valence-electron chi connectivity index (χ2n) is 16.0. The van der Waals surface area contributed by atoms with Gasteiger partial charge in [0.2, 0.25) is 0 Å². The van der Waals surface area contributed by atoms with Crippen LogP contribution in [-0.2, 0) is 9.47 Å². The fourth-order valence-corrected chi connectivity index (χ4v) is 8.37. The molecule has 0 radical (unpaired) electrons. The number of nitrogens with zero attached hydrogens (tertiary/aromatic N) is 2. The summed E-state index contributed by atoms with van der Waals surface area (Å²) >= 11 is 3.40. The number of carbonyl (C=O) groups excluding carboxylic acids is 2. The summed E-state index contributed by atoms with van der Waals surface area (Å²) in [4.78, 5) is 25.3. The molecule has 2 N–H and O–H groups in total. The molecule has 288 valence electrons. The van der Waals surface area contributed by atoms with Gasteiger partial charge >= 0.3 is 7.12 Å². The first kappa shape index (κ1) is 40.8. The van der Waals surface area contributed by atoms with Crippen molar-refractivity contribution < 1.29 is 38.6 Å². The minimum Gasteiger partial charge on any atom is -0.486 e. The summed E-state index contributed by atoms with van der Waals surface area (Å²) in [5, 5.41) is 34.9. The highest BCUT2D eigenvalue weighted by Gasteiger charge is 2.48. The zero-order valence-corrected chi connectivity index (χ0v) is 33.5. The van der Waals surface area contributed by atoms with E-state index in [9.17, 15) is 9.59 Å². The number of halogens is 1. The number of Topliss-reactive ketones (excluding diaryl/α,β-unsaturated/α-hetero) is 2. The van der Waals surface area contributed by atoms with Gasteiger partial charge in [-0.1, -0.05) is 46.3 Å². The number of fused-ring (bicyclic) bond motifs is 2. The van der Waals surface area contributed by atoms with Gasteiger partial charge in [0.25, 0.3) is 0 Å². The molecular formula is C44H44BBrN2O8. The van der Waals surface area contributed by atoms with Crippen LogP contribution >= 0.6 is 15.9 Å². The number of benzene rings is 4. The third-order valence-electron chi connectivity index (χ3n) is 10.4. The molecule has 10 nitrogen and oxygen atoms in total. The average molecular weight is 820 g/mol. The summed E-state index contributed by atoms with van der Waals surface area (Å²) in [6.45, 7) is 9.45. The van der Waals surface area contributed by atoms with E-state index >= 15 is 0 Å². The standard InChI is InChI=1S/C22H21NO3.C15H17BrO3.C7H6BNO2/c1-21(2)14-22(8-9-25-21)12-19(24)18-11-17(6-7-20(18)26-22)16-5-3-4-15(10-16)13-23;1-14(2)9-15(5-6-18-14)8-12(17)11-7-10(16)3-4-13(11)19-15;9-5-6-2-1-3-7(4-6)8(10)11/h3-7,10-11H,8-9,12,14H2,1-2H3;3-4,7H,5-6,8-9H2,1-2H3;1-4,10-11H. The maximum Gasteiger partial charge on any atom is 0.488 e. The topological polar surface area (TPSA) is 159 Å². The van der Waals surface area contributed by atoms with Gasteiger partial charge in [0.05, 0.1) is 71.6 Å². The smallest absolute Gasteiger partial charge is 0.486 e. The van der Waals surface area contributed by atoms with E-state index in [1.807, 2.05) is 74.5 Å². The number of ether oxygens (including phenoxy) is 4. The number of ketones is 2. The largest absolute Gasteiger partial charge is 0.488 e. The maximum absolute atomic E-state index is 12.9. The predicted molar refractivity (Wildman–Crippen MR) is 215 cm³/mol. The summed E-state index contributed by atoms with van der Waals surface area (Å²) in [6, 6.07) is 29.0. The Bertz CT molecular complexity index is 2230. The van der Waals surface area contributed by atoms with Gasteiger partial charge < -0.3 is 29.0 Å². The molecule has 0 aromatic heterocycles. The van der Waals surface area contributed by atoms with Gasteiger partial charge in [0.15, 0.2) is 11.6 Å². The van der Waals surface area contributed by atoms with Crippen molar-refractivity contribution in [3.63, 3.8) is 0 Å². The monoisotopic (exact) mass is 818 g/mol. The van der Waals surface area contributed by atoms with Crippen LogP contribution in [0.2, 0.25) is 0 Å². The van der Waals surface area contributed by atoms with Gasteiger partial charge in [0.1, 0.15) is 22.7 Å². The normalized spacial score (nSPS) is 22.6. The molecule has 4 aliphatic rings. The minimum absolute atomic E-state index is 0.113. The van der Waals surface area contributed by atoms with Crippen molar-refractivity contribution >= 4 is 40.1 Å². The molecule has 0 bridgehead atoms. The minimum atomic E-state index is -1.50. The van der Waals surface area contributed by atoms with Gasteiger partial charge in [0, 0.05) is 30.2 Å². The summed E-state index contributed by atoms with van der Waals surface area (Å²) < 4.78 is 25.0. The maximum atomic E-state index is 12.9. The molecule has 4 aromatic carbocycles. The van der Waals surface area contributed by atoms with E-state index < -0.39 is 12.7 Å². The van der Waals surface area contributed by atoms with Crippen molar-refractivity contribution in [1.29, 1.82) is 10.5 Å². The van der Waals surface area contributed by atoms with Crippen molar-refractivity contribution in [3.8, 4) is 34.8 Å². The number of carbonyl (C=O) groups is 2. The first-order valence-corrected chi connectivity index (χ1v) is 19.3. The van der Waals surface area contributed by atoms with Gasteiger partial charge in [-0.15, -0.1) is 0 Å². The Hall–Kier alpha value is -4.82. The molecular weight excluding hydrogens is 775 g/mol. The number of rotatable bonds is 2. The van der Waals surface area contributed by atoms with E-state index in [4.69, 9.17) is 39.5 Å². The molecule has 2 fully saturated rings. The Morgan fingerprint density at radius 2 is 1.16 bits per heavy atom. The van der Waals surface area contributed by atoms with Crippen LogP contribution in [0.3, 0.4) is 0 Å². The molecule has 2 unspecified atom stereocenters. The van der Waals surface area contributed by atoms with Crippen molar-refractivity contribution in [3.05, 3.63) is 112 Å². The van der Waals surface area contributed by atoms with Crippen LogP contribution in [0, 0.1) is 22.7 Å². The van der Waals surface area contributed by atoms with E-state index in [1.54, 1.807) is 24.3 Å². The van der Waals surface area contributed by atoms with Crippen LogP contribution < -0.4 is 14.9 Å². The lowest BCUT2D eigenvalue weighted by molar-refractivity contribution is -0.134. The summed E-state index contributed by atoms with van der Waals surface area (Å²) in [5.74, 6) is 1.64. The lowest BCUT2D eigenvalue weighted by atomic mass is 9.78. The van der Waals surface area contributed by atoms with Gasteiger partial charge in [-0.05, 0) is 98.9 Å². The Morgan fingerprint density at radius 3 is 1.70 bits per heavy atom. The fourth-order valence-electron chi connectivity index (χ4n) is 8.01. The van der Waals surface area contributed by atoms with Gasteiger partial charge in [-0.25, -0.2) is 0 Å². The zero-order valence-electron chi connectivity index (χ0n) is 31.9. The Kier molecular flexibility index (Phi) is 11.9. The first-order valence-electron chi connectivity index (χ1n) is 18.6. The van der Waals surface area contributed by atoms with Gasteiger partial charge in [-0.2, -0.15) is 10.5 Å². The van der Waals surface area contributed by atoms with Crippen LogP contribution in [0.1, 0.15) is 98.1 Å². The lowest BCUT2D eigenvalue weighted by Gasteiger charge is -2.46. The van der Waals surface area contributed by atoms with Crippen molar-refractivity contribution in [2.24, 2.45) is 0 Å². The average Bonchev–Trinajstić information content (AvgIpc) is 3.14. The van der Waals surface area contributed by atoms with Crippen LogP contribution in [-0.4, -0.2) is 64.4 Å². The van der Waals surface area contributed by atoms with Gasteiger partial charge in [-0.3, -0.25) is 9.59 Å². The van der Waals surface area contributed by atoms with E-state index in [2.05, 4.69) is 35.8 Å². The van der Waals surface area contributed by atoms with Crippen LogP contribution in [0.15, 0.2) is 89.4 Å². The SMILES string of the molecule is CC1(C)CC2(CCO1)CC(=O)c1cc(-c3cccc(C#N)c3)ccc1O2.CC1(C)CC2(CCO1)CC(=O)c1cc(Br)ccc1O2.N#Cc1cccc(B(O)O)c1. The second kappa shape index (κ2) is 16.3. The van der Waals surface area contributed by atoms with Crippen molar-refractivity contribution in [2.75, 3.05) is 13.2 Å². The highest BCUT2D eigenvalue weighted by atomic mass is 79.9. The van der Waals surface area contributed by atoms with E-state index in [0.717, 1.165) is 34.9 Å². The van der Waals surface area contributed by atoms with Crippen LogP contribution in [0.25, 0.3) is 11.1 Å². The molecule has 0 aliphatic carbocycles. The molecule has 4 heterocycles. The molecule has 12 heteroatoms. The number of hydrogen-bond acceptors (Lipinski definition) is 10. The number of nitriles is 2. The zero-order chi connectivity index (χ0) is 40.3. The molecule has 4 aliphatic heterocycles. The van der Waals surface area contributed by atoms with Crippen molar-refractivity contribution in [2.45, 2.75) is 88.6 Å². The first-order chi connectivity index (χ1) is 26.5. The molecule has 2 atom stereocenters. The van der Waals surface area contributed by atoms with E-state index in [-0.39, 0.29) is 28.4 Å². The summed E-state index contributed by atoms with van der Waals surface area (Å²) in [6.07, 6.45) is 3.79. The molecule has 4 aromatic rings. The molecule has 2 spiro atoms. The van der Waals surface area contributed by atoms with Crippen LogP contribution in [0.4, 0.5) is 0 Å². The quantitative estimate of drug-likeness (QED) is 0.194. The number of hydrogen-bond donors (Lipinski definition) is 2. The lowest BCUT2D eigenvalue weighted by Crippen LogP contribution is -2.52. The highest BCUT2D eigenvalue weighted by Crippen LogP contribution is 2.45. The fraction of sp³-hybridized carbons (Fsp3) is 0.364. The molecule has 0 saturated carbocycles. The summed E-state index contributed by atoms with van der Waals surface area (Å²) in [7, 11) is -1.50. The summed E-state index contributed by atoms with van der Waals surface area (Å²) in [5.41, 5.74) is 3.15. The molecule has 8 rings (SSSR count). The Labute approximate surface area is 336 Å². The van der Waals surface area contributed by atoms with E-state index in [1.165, 1.54) is 6.07 Å². The molecule has 2 saturated heterocycles. The second-order valence-corrected chi connectivity index (χ2v) is 16.9.